The molecule has 4 nitrogen and oxygen atoms in total. The summed E-state index contributed by atoms with van der Waals surface area (Å²) in [6.07, 6.45) is 1.53. The van der Waals surface area contributed by atoms with Crippen LogP contribution in [0.15, 0.2) is 158 Å². The summed E-state index contributed by atoms with van der Waals surface area (Å²) >= 11 is 0. The van der Waals surface area contributed by atoms with Crippen LogP contribution in [-0.4, -0.2) is 19.6 Å². The monoisotopic (exact) mass is 846 g/mol. The predicted octanol–water partition coefficient (Wildman–Crippen LogP) is 16.0. The molecule has 0 atom stereocenters. The third-order valence-corrected chi connectivity index (χ3v) is 11.9. The van der Waals surface area contributed by atoms with Crippen LogP contribution in [0.25, 0.3) is 83.9 Å². The number of aromatic nitrogens is 3. The first-order valence-corrected chi connectivity index (χ1v) is 21.5. The summed E-state index contributed by atoms with van der Waals surface area (Å²) in [4.78, 5) is 10.1. The molecule has 64 heavy (non-hydrogen) atoms. The average Bonchev–Trinajstić information content (AvgIpc) is 3.73. The second-order valence-corrected chi connectivity index (χ2v) is 18.7. The van der Waals surface area contributed by atoms with E-state index in [1.807, 2.05) is 97.3 Å². The van der Waals surface area contributed by atoms with Crippen molar-refractivity contribution in [3.8, 4) is 78.6 Å². The number of hydrogen-bond donors (Lipinski definition) is 1. The maximum Gasteiger partial charge on any atom is 0.149 e. The Hall–Kier alpha value is -7.04. The molecule has 0 unspecified atom stereocenters. The highest BCUT2D eigenvalue weighted by molar-refractivity contribution is 5.97. The van der Waals surface area contributed by atoms with E-state index in [-0.39, 0.29) is 27.7 Å². The molecule has 0 bridgehead atoms. The van der Waals surface area contributed by atoms with E-state index in [4.69, 9.17) is 23.7 Å². The highest BCUT2D eigenvalue weighted by atomic mass is 16.3. The van der Waals surface area contributed by atoms with Crippen molar-refractivity contribution in [3.63, 3.8) is 0 Å². The molecule has 0 aliphatic heterocycles. The Morgan fingerprint density at radius 2 is 1.31 bits per heavy atom. The molecule has 0 saturated carbocycles. The molecule has 7 aromatic carbocycles. The van der Waals surface area contributed by atoms with Crippen LogP contribution in [0.4, 0.5) is 0 Å². The Morgan fingerprint density at radius 1 is 0.562 bits per heavy atom. The molecular formula is C60H57N3O. The van der Waals surface area contributed by atoms with Crippen LogP contribution in [-0.2, 0) is 10.8 Å². The van der Waals surface area contributed by atoms with Gasteiger partial charge in [0.25, 0.3) is 0 Å². The van der Waals surface area contributed by atoms with Crippen LogP contribution >= 0.6 is 0 Å². The number of rotatable bonds is 7. The Labute approximate surface area is 393 Å². The van der Waals surface area contributed by atoms with Gasteiger partial charge in [-0.2, -0.15) is 0 Å². The minimum Gasteiger partial charge on any atom is -0.507 e. The molecule has 1 N–H and O–H groups in total. The SMILES string of the molecule is [2H]c1c([2H])c(C([2H])([2H])[2H])c([2H])c([2H])c1-c1ccnc(-c2cc(-c3cccc4c3nc(-c3cc(C)cc(C)c3O)n4-c3ccc(-c4c(-c5ccccc5)cccc4C(C)(C)C)cc3C([2H])([2H])[2H])cc(C(C)(C)C)c2)c1. The summed E-state index contributed by atoms with van der Waals surface area (Å²) in [6.45, 7) is 11.1. The second kappa shape index (κ2) is 16.3. The molecule has 4 heteroatoms. The van der Waals surface area contributed by atoms with Crippen molar-refractivity contribution < 1.29 is 18.8 Å². The Kier molecular flexibility index (Phi) is 8.06. The third kappa shape index (κ3) is 7.94. The number of aromatic hydroxyl groups is 1. The highest BCUT2D eigenvalue weighted by Crippen LogP contribution is 2.44. The normalized spacial score (nSPS) is 14.6. The zero-order chi connectivity index (χ0) is 53.6. The molecule has 9 rings (SSSR count). The number of fused-ring (bicyclic) bond motifs is 1. The molecule has 0 aliphatic carbocycles. The first kappa shape index (κ1) is 31.7. The van der Waals surface area contributed by atoms with Gasteiger partial charge in [-0.3, -0.25) is 9.55 Å². The fourth-order valence-corrected chi connectivity index (χ4v) is 8.69. The molecule has 0 saturated heterocycles. The Balaban J connectivity index is 1.30. The maximum absolute atomic E-state index is 11.9. The van der Waals surface area contributed by atoms with Crippen LogP contribution in [0.3, 0.4) is 0 Å². The minimum atomic E-state index is -2.85. The maximum atomic E-state index is 11.9. The largest absolute Gasteiger partial charge is 0.507 e. The van der Waals surface area contributed by atoms with Crippen molar-refractivity contribution in [2.45, 2.75) is 79.9 Å². The summed E-state index contributed by atoms with van der Waals surface area (Å²) in [6, 6.07) is 38.6. The fraction of sp³-hybridized carbons (Fsp3) is 0.200. The van der Waals surface area contributed by atoms with E-state index in [9.17, 15) is 5.11 Å². The summed E-state index contributed by atoms with van der Waals surface area (Å²) in [5.74, 6) is 0.367. The van der Waals surface area contributed by atoms with Gasteiger partial charge in [0.2, 0.25) is 0 Å². The van der Waals surface area contributed by atoms with Gasteiger partial charge < -0.3 is 5.11 Å². The molecule has 2 heterocycles. The number of hydrogen-bond acceptors (Lipinski definition) is 3. The van der Waals surface area contributed by atoms with E-state index >= 15 is 0 Å². The van der Waals surface area contributed by atoms with Crippen molar-refractivity contribution in [2.24, 2.45) is 0 Å². The topological polar surface area (TPSA) is 50.9 Å². The van der Waals surface area contributed by atoms with Gasteiger partial charge in [0.15, 0.2) is 0 Å². The average molecular weight is 846 g/mol. The number of benzene rings is 7. The lowest BCUT2D eigenvalue weighted by Crippen LogP contribution is -2.13. The molecule has 9 aromatic rings. The molecule has 0 fully saturated rings. The van der Waals surface area contributed by atoms with Crippen molar-refractivity contribution in [3.05, 3.63) is 191 Å². The van der Waals surface area contributed by atoms with E-state index in [1.54, 1.807) is 18.2 Å². The van der Waals surface area contributed by atoms with Gasteiger partial charge in [0.05, 0.1) is 33.5 Å². The predicted molar refractivity (Wildman–Crippen MR) is 269 cm³/mol. The number of nitrogens with zero attached hydrogens (tertiary/aromatic N) is 3. The van der Waals surface area contributed by atoms with E-state index in [1.165, 1.54) is 6.20 Å². The van der Waals surface area contributed by atoms with Crippen LogP contribution in [0, 0.1) is 27.6 Å². The van der Waals surface area contributed by atoms with Gasteiger partial charge in [-0.05, 0) is 154 Å². The summed E-state index contributed by atoms with van der Waals surface area (Å²) in [7, 11) is 0. The van der Waals surface area contributed by atoms with Crippen LogP contribution in [0.2, 0.25) is 0 Å². The van der Waals surface area contributed by atoms with Crippen LogP contribution in [0.5, 0.6) is 5.75 Å². The smallest absolute Gasteiger partial charge is 0.149 e. The van der Waals surface area contributed by atoms with Gasteiger partial charge in [-0.1, -0.05) is 150 Å². The lowest BCUT2D eigenvalue weighted by Gasteiger charge is -2.26. The van der Waals surface area contributed by atoms with E-state index in [0.717, 1.165) is 44.5 Å². The van der Waals surface area contributed by atoms with Gasteiger partial charge in [0.1, 0.15) is 11.6 Å². The number of aryl methyl sites for hydroxylation is 3. The number of pyridine rings is 1. The first-order valence-electron chi connectivity index (χ1n) is 26.5. The van der Waals surface area contributed by atoms with Crippen molar-refractivity contribution in [2.75, 3.05) is 0 Å². The number of phenols is 1. The van der Waals surface area contributed by atoms with Gasteiger partial charge in [-0.25, -0.2) is 4.98 Å². The minimum absolute atomic E-state index is 0.0186. The summed E-state index contributed by atoms with van der Waals surface area (Å²) in [5.41, 5.74) is 10.9. The summed E-state index contributed by atoms with van der Waals surface area (Å²) in [5, 5.41) is 11.9. The fourth-order valence-electron chi connectivity index (χ4n) is 8.69. The van der Waals surface area contributed by atoms with Gasteiger partial charge in [0, 0.05) is 25.5 Å². The molecule has 0 aliphatic rings. The zero-order valence-electron chi connectivity index (χ0n) is 47.5. The molecule has 2 aromatic heterocycles. The van der Waals surface area contributed by atoms with E-state index < -0.39 is 43.4 Å². The van der Waals surface area contributed by atoms with Crippen LogP contribution in [0.1, 0.15) is 88.6 Å². The number of imidazole rings is 1. The zero-order valence-corrected chi connectivity index (χ0v) is 37.5. The molecule has 0 amide bonds. The molecule has 318 valence electrons. The number of phenolic OH excluding ortho intramolecular Hbond substituents is 1. The van der Waals surface area contributed by atoms with Crippen molar-refractivity contribution >= 4 is 11.0 Å². The summed E-state index contributed by atoms with van der Waals surface area (Å²) < 4.78 is 87.9. The second-order valence-electron chi connectivity index (χ2n) is 18.7. The Morgan fingerprint density at radius 3 is 2.05 bits per heavy atom. The Bertz CT molecular complexity index is 3660. The van der Waals surface area contributed by atoms with Crippen molar-refractivity contribution in [1.29, 1.82) is 0 Å². The van der Waals surface area contributed by atoms with Gasteiger partial charge in [-0.15, -0.1) is 0 Å². The quantitative estimate of drug-likeness (QED) is 0.174. The molecule has 0 spiro atoms. The van der Waals surface area contributed by atoms with E-state index in [0.29, 0.717) is 56.1 Å². The molecular weight excluding hydrogens is 779 g/mol. The van der Waals surface area contributed by atoms with E-state index in [2.05, 4.69) is 71.9 Å². The molecule has 0 radical (unpaired) electrons. The lowest BCUT2D eigenvalue weighted by atomic mass is 9.78. The van der Waals surface area contributed by atoms with Crippen LogP contribution < -0.4 is 0 Å². The third-order valence-electron chi connectivity index (χ3n) is 11.9. The lowest BCUT2D eigenvalue weighted by molar-refractivity contribution is 0.472. The first-order chi connectivity index (χ1) is 34.6. The van der Waals surface area contributed by atoms with Gasteiger partial charge >= 0.3 is 0 Å². The highest BCUT2D eigenvalue weighted by Gasteiger charge is 2.26. The standard InChI is InChI=1S/C60H57N3O/c1-37-22-24-41(25-23-37)43-28-29-61-52(36-43)46-33-45(34-47(35-46)59(5,6)7)49-19-15-21-54-56(49)62-58(50-31-38(2)30-40(4)57(50)64)63(54)53-27-26-44(32-39(53)3)55-48(42-16-12-11-13-17-42)18-14-20-51(55)60(8,9)10/h11-36,64H,1-10H3/i1D3,3D3,22D,23D,24D,25D. The van der Waals surface area contributed by atoms with Crippen molar-refractivity contribution in [1.82, 2.24) is 14.5 Å². The number of para-hydroxylation sites is 1.